The molecule has 2 aliphatic rings. The van der Waals surface area contributed by atoms with E-state index < -0.39 is 10.0 Å². The molecular formula is C22H36IN5O3S. The maximum atomic E-state index is 12.6. The summed E-state index contributed by atoms with van der Waals surface area (Å²) in [4.78, 5) is 19.4. The Morgan fingerprint density at radius 1 is 1.16 bits per heavy atom. The third kappa shape index (κ3) is 7.58. The van der Waals surface area contributed by atoms with Crippen molar-refractivity contribution in [3.05, 3.63) is 29.8 Å². The molecule has 10 heteroatoms. The van der Waals surface area contributed by atoms with E-state index in [1.807, 2.05) is 18.7 Å². The predicted molar refractivity (Wildman–Crippen MR) is 138 cm³/mol. The molecular weight excluding hydrogens is 541 g/mol. The Kier molecular flexibility index (Phi) is 10.7. The van der Waals surface area contributed by atoms with Crippen LogP contribution in [0.15, 0.2) is 34.2 Å². The lowest BCUT2D eigenvalue weighted by Gasteiger charge is -2.21. The molecule has 1 saturated heterocycles. The van der Waals surface area contributed by atoms with Gasteiger partial charge in [-0.1, -0.05) is 30.5 Å². The standard InChI is InChI=1S/C22H35N5O3S.HI/c1-3-23-22(24-13-14-25-31(29,30)20-10-8-17(2)9-11-20)26-19-12-15-27(16-19)21(28)18-6-4-5-7-18;/h8-11,18-19,25H,3-7,12-16H2,1-2H3,(H2,23,24,26);1H. The summed E-state index contributed by atoms with van der Waals surface area (Å²) in [6.07, 6.45) is 5.27. The van der Waals surface area contributed by atoms with Crippen molar-refractivity contribution < 1.29 is 13.2 Å². The first-order valence-corrected chi connectivity index (χ1v) is 12.8. The van der Waals surface area contributed by atoms with Gasteiger partial charge in [0.1, 0.15) is 0 Å². The summed E-state index contributed by atoms with van der Waals surface area (Å²) in [6, 6.07) is 6.92. The molecule has 32 heavy (non-hydrogen) atoms. The van der Waals surface area contributed by atoms with Gasteiger partial charge in [0.2, 0.25) is 15.9 Å². The number of likely N-dealkylation sites (tertiary alicyclic amines) is 1. The molecule has 1 aromatic rings. The molecule has 1 amide bonds. The van der Waals surface area contributed by atoms with Crippen molar-refractivity contribution in [1.29, 1.82) is 0 Å². The van der Waals surface area contributed by atoms with Crippen LogP contribution in [0.1, 0.15) is 44.6 Å². The number of aliphatic imine (C=N–C) groups is 1. The maximum Gasteiger partial charge on any atom is 0.240 e. The fourth-order valence-corrected chi connectivity index (χ4v) is 5.19. The number of hydrogen-bond donors (Lipinski definition) is 3. The molecule has 1 unspecified atom stereocenters. The Labute approximate surface area is 209 Å². The van der Waals surface area contributed by atoms with E-state index in [-0.39, 0.29) is 47.4 Å². The lowest BCUT2D eigenvalue weighted by molar-refractivity contribution is -0.134. The van der Waals surface area contributed by atoms with Crippen LogP contribution in [-0.4, -0.2) is 64.0 Å². The summed E-state index contributed by atoms with van der Waals surface area (Å²) < 4.78 is 27.3. The number of aryl methyl sites for hydroxylation is 1. The summed E-state index contributed by atoms with van der Waals surface area (Å²) in [6.45, 7) is 6.62. The molecule has 1 aliphatic heterocycles. The number of nitrogens with one attached hydrogen (secondary N) is 3. The summed E-state index contributed by atoms with van der Waals surface area (Å²) >= 11 is 0. The lowest BCUT2D eigenvalue weighted by atomic mass is 10.1. The van der Waals surface area contributed by atoms with E-state index >= 15 is 0 Å². The molecule has 0 spiro atoms. The van der Waals surface area contributed by atoms with E-state index in [9.17, 15) is 13.2 Å². The van der Waals surface area contributed by atoms with Crippen molar-refractivity contribution in [3.63, 3.8) is 0 Å². The number of rotatable bonds is 8. The van der Waals surface area contributed by atoms with Crippen LogP contribution in [0.4, 0.5) is 0 Å². The van der Waals surface area contributed by atoms with Crippen molar-refractivity contribution in [2.24, 2.45) is 10.9 Å². The van der Waals surface area contributed by atoms with Gasteiger partial charge in [0.05, 0.1) is 11.4 Å². The minimum Gasteiger partial charge on any atom is -0.357 e. The summed E-state index contributed by atoms with van der Waals surface area (Å²) in [5, 5.41) is 6.60. The zero-order valence-electron chi connectivity index (χ0n) is 19.0. The van der Waals surface area contributed by atoms with Crippen LogP contribution in [-0.2, 0) is 14.8 Å². The Hall–Kier alpha value is -1.40. The normalized spacial score (nSPS) is 19.6. The molecule has 1 heterocycles. The number of benzene rings is 1. The highest BCUT2D eigenvalue weighted by molar-refractivity contribution is 14.0. The minimum absolute atomic E-state index is 0. The summed E-state index contributed by atoms with van der Waals surface area (Å²) in [5.74, 6) is 1.16. The monoisotopic (exact) mass is 577 g/mol. The van der Waals surface area contributed by atoms with Gasteiger partial charge in [0.25, 0.3) is 0 Å². The molecule has 8 nitrogen and oxygen atoms in total. The van der Waals surface area contributed by atoms with Crippen molar-refractivity contribution >= 4 is 45.9 Å². The van der Waals surface area contributed by atoms with Gasteiger partial charge in [-0.15, -0.1) is 24.0 Å². The lowest BCUT2D eigenvalue weighted by Crippen LogP contribution is -2.45. The first-order valence-electron chi connectivity index (χ1n) is 11.3. The summed E-state index contributed by atoms with van der Waals surface area (Å²) in [7, 11) is -3.54. The quantitative estimate of drug-likeness (QED) is 0.191. The average molecular weight is 578 g/mol. The molecule has 3 N–H and O–H groups in total. The molecule has 1 aliphatic carbocycles. The van der Waals surface area contributed by atoms with Crippen LogP contribution >= 0.6 is 24.0 Å². The first-order chi connectivity index (χ1) is 14.9. The van der Waals surface area contributed by atoms with Gasteiger partial charge in [-0.25, -0.2) is 13.1 Å². The van der Waals surface area contributed by atoms with Crippen molar-refractivity contribution in [2.45, 2.75) is 56.9 Å². The molecule has 2 fully saturated rings. The maximum absolute atomic E-state index is 12.6. The molecule has 1 aromatic carbocycles. The van der Waals surface area contributed by atoms with Gasteiger partial charge in [-0.05, 0) is 45.2 Å². The molecule has 0 bridgehead atoms. The van der Waals surface area contributed by atoms with Crippen LogP contribution in [0.25, 0.3) is 0 Å². The van der Waals surface area contributed by atoms with Crippen LogP contribution < -0.4 is 15.4 Å². The van der Waals surface area contributed by atoms with Crippen LogP contribution in [0, 0.1) is 12.8 Å². The van der Waals surface area contributed by atoms with Gasteiger partial charge >= 0.3 is 0 Å². The second kappa shape index (κ2) is 12.7. The Bertz CT molecular complexity index is 870. The smallest absolute Gasteiger partial charge is 0.240 e. The second-order valence-electron chi connectivity index (χ2n) is 8.37. The second-order valence-corrected chi connectivity index (χ2v) is 10.1. The third-order valence-electron chi connectivity index (χ3n) is 5.89. The number of halogens is 1. The largest absolute Gasteiger partial charge is 0.357 e. The number of nitrogens with zero attached hydrogens (tertiary/aromatic N) is 2. The number of guanidine groups is 1. The highest BCUT2D eigenvalue weighted by atomic mass is 127. The minimum atomic E-state index is -3.54. The number of amides is 1. The molecule has 1 atom stereocenters. The Morgan fingerprint density at radius 2 is 1.84 bits per heavy atom. The number of sulfonamides is 1. The van der Waals surface area contributed by atoms with Crippen molar-refractivity contribution in [2.75, 3.05) is 32.7 Å². The number of carbonyl (C=O) groups is 1. The Balaban J connectivity index is 0.00000363. The van der Waals surface area contributed by atoms with Gasteiger partial charge in [0, 0.05) is 38.1 Å². The molecule has 180 valence electrons. The van der Waals surface area contributed by atoms with Gasteiger partial charge in [-0.3, -0.25) is 9.79 Å². The molecule has 0 radical (unpaired) electrons. The Morgan fingerprint density at radius 3 is 2.50 bits per heavy atom. The van der Waals surface area contributed by atoms with Crippen LogP contribution in [0.2, 0.25) is 0 Å². The highest BCUT2D eigenvalue weighted by Crippen LogP contribution is 2.27. The number of carbonyl (C=O) groups excluding carboxylic acids is 1. The first kappa shape index (κ1) is 26.8. The van der Waals surface area contributed by atoms with Crippen LogP contribution in [0.5, 0.6) is 0 Å². The zero-order chi connectivity index (χ0) is 22.3. The topological polar surface area (TPSA) is 103 Å². The fraction of sp³-hybridized carbons (Fsp3) is 0.636. The van der Waals surface area contributed by atoms with Gasteiger partial charge < -0.3 is 15.5 Å². The predicted octanol–water partition coefficient (Wildman–Crippen LogP) is 2.24. The average Bonchev–Trinajstić information content (AvgIpc) is 3.43. The SMILES string of the molecule is CCNC(=NCCNS(=O)(=O)c1ccc(C)cc1)NC1CCN(C(=O)C2CCCC2)C1.I. The molecule has 1 saturated carbocycles. The van der Waals surface area contributed by atoms with Crippen molar-refractivity contribution in [1.82, 2.24) is 20.3 Å². The number of hydrogen-bond acceptors (Lipinski definition) is 4. The van der Waals surface area contributed by atoms with E-state index in [2.05, 4.69) is 20.3 Å². The summed E-state index contributed by atoms with van der Waals surface area (Å²) in [5.41, 5.74) is 1.01. The molecule has 0 aromatic heterocycles. The fourth-order valence-electron chi connectivity index (χ4n) is 4.17. The van der Waals surface area contributed by atoms with E-state index in [0.29, 0.717) is 31.5 Å². The zero-order valence-corrected chi connectivity index (χ0v) is 22.1. The van der Waals surface area contributed by atoms with E-state index in [4.69, 9.17) is 0 Å². The highest BCUT2D eigenvalue weighted by Gasteiger charge is 2.32. The van der Waals surface area contributed by atoms with Gasteiger partial charge in [0.15, 0.2) is 5.96 Å². The van der Waals surface area contributed by atoms with E-state index in [1.165, 1.54) is 0 Å². The van der Waals surface area contributed by atoms with E-state index in [1.54, 1.807) is 24.3 Å². The van der Waals surface area contributed by atoms with Crippen molar-refractivity contribution in [3.8, 4) is 0 Å². The van der Waals surface area contributed by atoms with Crippen LogP contribution in [0.3, 0.4) is 0 Å². The van der Waals surface area contributed by atoms with Gasteiger partial charge in [-0.2, -0.15) is 0 Å². The molecule has 3 rings (SSSR count). The third-order valence-corrected chi connectivity index (χ3v) is 7.37. The van der Waals surface area contributed by atoms with E-state index in [0.717, 1.165) is 44.2 Å².